The van der Waals surface area contributed by atoms with Gasteiger partial charge in [0, 0.05) is 5.39 Å². The minimum absolute atomic E-state index is 0.104. The maximum Gasteiger partial charge on any atom is 0.143 e. The van der Waals surface area contributed by atoms with Crippen molar-refractivity contribution < 1.29 is 5.11 Å². The third-order valence-corrected chi connectivity index (χ3v) is 4.71. The molecule has 0 aliphatic heterocycles. The molecule has 0 aliphatic rings. The molecule has 0 heterocycles. The molecule has 0 unspecified atom stereocenters. The second kappa shape index (κ2) is 8.02. The third kappa shape index (κ3) is 4.04. The van der Waals surface area contributed by atoms with E-state index < -0.39 is 0 Å². The first kappa shape index (κ1) is 18.5. The predicted molar refractivity (Wildman–Crippen MR) is 116 cm³/mol. The van der Waals surface area contributed by atoms with Crippen molar-refractivity contribution in [1.82, 2.24) is 0 Å². The Morgan fingerprint density at radius 3 is 2.14 bits per heavy atom. The Labute approximate surface area is 169 Å². The van der Waals surface area contributed by atoms with E-state index in [-0.39, 0.29) is 5.75 Å². The minimum atomic E-state index is 0.104. The topological polar surface area (TPSA) is 69.7 Å². The van der Waals surface area contributed by atoms with Crippen molar-refractivity contribution in [3.8, 4) is 5.75 Å². The van der Waals surface area contributed by atoms with E-state index in [0.717, 1.165) is 33.3 Å². The van der Waals surface area contributed by atoms with E-state index in [0.29, 0.717) is 11.4 Å². The molecule has 4 aromatic rings. The molecule has 0 saturated carbocycles. The Hall–Kier alpha value is -3.86. The van der Waals surface area contributed by atoms with Gasteiger partial charge in [0.05, 0.1) is 17.1 Å². The molecule has 0 spiro atoms. The van der Waals surface area contributed by atoms with E-state index in [1.807, 2.05) is 86.6 Å². The number of aromatic hydroxyl groups is 1. The molecule has 0 fully saturated rings. The van der Waals surface area contributed by atoms with Crippen molar-refractivity contribution in [3.63, 3.8) is 0 Å². The highest BCUT2D eigenvalue weighted by Gasteiger charge is 2.06. The second-order valence-electron chi connectivity index (χ2n) is 6.81. The molecule has 29 heavy (non-hydrogen) atoms. The molecular formula is C24H20N4O. The van der Waals surface area contributed by atoms with Gasteiger partial charge in [-0.1, -0.05) is 48.5 Å². The summed E-state index contributed by atoms with van der Waals surface area (Å²) < 4.78 is 0. The smallest absolute Gasteiger partial charge is 0.143 e. The van der Waals surface area contributed by atoms with Gasteiger partial charge in [-0.05, 0) is 60.7 Å². The molecule has 0 aliphatic carbocycles. The number of fused-ring (bicyclic) bond motifs is 1. The number of benzene rings is 4. The lowest BCUT2D eigenvalue weighted by Gasteiger charge is -2.04. The number of phenolic OH excluding ortho intramolecular Hbond substituents is 1. The fourth-order valence-corrected chi connectivity index (χ4v) is 3.05. The average molecular weight is 380 g/mol. The third-order valence-electron chi connectivity index (χ3n) is 4.71. The van der Waals surface area contributed by atoms with Gasteiger partial charge in [0.2, 0.25) is 0 Å². The summed E-state index contributed by atoms with van der Waals surface area (Å²) >= 11 is 0. The molecule has 0 radical (unpaired) electrons. The van der Waals surface area contributed by atoms with Gasteiger partial charge in [-0.25, -0.2) is 0 Å². The fourth-order valence-electron chi connectivity index (χ4n) is 3.05. The van der Waals surface area contributed by atoms with Crippen LogP contribution < -0.4 is 0 Å². The lowest BCUT2D eigenvalue weighted by atomic mass is 10.1. The SMILES string of the molecule is Cc1ccccc1N=Nc1ccc(N=Nc2c(O)ccc3ccccc23)cc1C. The highest BCUT2D eigenvalue weighted by atomic mass is 16.3. The average Bonchev–Trinajstić information content (AvgIpc) is 2.73. The van der Waals surface area contributed by atoms with E-state index >= 15 is 0 Å². The maximum atomic E-state index is 10.2. The number of phenols is 1. The first-order valence-electron chi connectivity index (χ1n) is 9.32. The Morgan fingerprint density at radius 2 is 1.34 bits per heavy atom. The minimum Gasteiger partial charge on any atom is -0.506 e. The van der Waals surface area contributed by atoms with Crippen LogP contribution in [0.25, 0.3) is 10.8 Å². The van der Waals surface area contributed by atoms with Gasteiger partial charge in [-0.2, -0.15) is 15.3 Å². The van der Waals surface area contributed by atoms with Crippen LogP contribution in [0.3, 0.4) is 0 Å². The van der Waals surface area contributed by atoms with Crippen molar-refractivity contribution in [2.24, 2.45) is 20.5 Å². The number of hydrogen-bond acceptors (Lipinski definition) is 5. The van der Waals surface area contributed by atoms with Crippen molar-refractivity contribution in [1.29, 1.82) is 0 Å². The Bertz CT molecular complexity index is 1240. The van der Waals surface area contributed by atoms with Crippen LogP contribution in [0.1, 0.15) is 11.1 Å². The molecule has 0 aromatic heterocycles. The molecule has 1 N–H and O–H groups in total. The molecule has 5 nitrogen and oxygen atoms in total. The molecule has 4 aromatic carbocycles. The summed E-state index contributed by atoms with van der Waals surface area (Å²) in [6, 6.07) is 24.7. The van der Waals surface area contributed by atoms with E-state index in [1.54, 1.807) is 6.07 Å². The maximum absolute atomic E-state index is 10.2. The zero-order valence-corrected chi connectivity index (χ0v) is 16.2. The lowest BCUT2D eigenvalue weighted by molar-refractivity contribution is 0.477. The van der Waals surface area contributed by atoms with Crippen LogP contribution >= 0.6 is 0 Å². The number of nitrogens with zero attached hydrogens (tertiary/aromatic N) is 4. The van der Waals surface area contributed by atoms with Crippen LogP contribution in [0.4, 0.5) is 22.7 Å². The Morgan fingerprint density at radius 1 is 0.621 bits per heavy atom. The van der Waals surface area contributed by atoms with Crippen LogP contribution in [-0.4, -0.2) is 5.11 Å². The predicted octanol–water partition coefficient (Wildman–Crippen LogP) is 7.99. The van der Waals surface area contributed by atoms with E-state index in [4.69, 9.17) is 0 Å². The van der Waals surface area contributed by atoms with Crippen LogP contribution in [0, 0.1) is 13.8 Å². The molecule has 0 bridgehead atoms. The van der Waals surface area contributed by atoms with Gasteiger partial charge >= 0.3 is 0 Å². The normalized spacial score (nSPS) is 11.7. The van der Waals surface area contributed by atoms with Crippen LogP contribution in [0.2, 0.25) is 0 Å². The van der Waals surface area contributed by atoms with Gasteiger partial charge in [0.25, 0.3) is 0 Å². The van der Waals surface area contributed by atoms with Gasteiger partial charge < -0.3 is 5.11 Å². The van der Waals surface area contributed by atoms with Crippen molar-refractivity contribution in [2.75, 3.05) is 0 Å². The van der Waals surface area contributed by atoms with Gasteiger partial charge in [-0.3, -0.25) is 0 Å². The van der Waals surface area contributed by atoms with Crippen molar-refractivity contribution in [2.45, 2.75) is 13.8 Å². The molecule has 0 atom stereocenters. The Balaban J connectivity index is 1.61. The lowest BCUT2D eigenvalue weighted by Crippen LogP contribution is -1.76. The monoisotopic (exact) mass is 380 g/mol. The van der Waals surface area contributed by atoms with Crippen molar-refractivity contribution >= 4 is 33.5 Å². The highest BCUT2D eigenvalue weighted by Crippen LogP contribution is 2.36. The first-order valence-corrected chi connectivity index (χ1v) is 9.32. The highest BCUT2D eigenvalue weighted by molar-refractivity contribution is 5.95. The summed E-state index contributed by atoms with van der Waals surface area (Å²) in [4.78, 5) is 0. The molecule has 0 saturated heterocycles. The van der Waals surface area contributed by atoms with Crippen molar-refractivity contribution in [3.05, 3.63) is 90.0 Å². The second-order valence-corrected chi connectivity index (χ2v) is 6.81. The van der Waals surface area contributed by atoms with Crippen LogP contribution in [0.5, 0.6) is 5.75 Å². The zero-order valence-electron chi connectivity index (χ0n) is 16.2. The van der Waals surface area contributed by atoms with Crippen LogP contribution in [-0.2, 0) is 0 Å². The molecule has 142 valence electrons. The summed E-state index contributed by atoms with van der Waals surface area (Å²) in [5.74, 6) is 0.104. The summed E-state index contributed by atoms with van der Waals surface area (Å²) in [6.07, 6.45) is 0. The first-order chi connectivity index (χ1) is 14.1. The molecule has 0 amide bonds. The largest absolute Gasteiger partial charge is 0.506 e. The van der Waals surface area contributed by atoms with Gasteiger partial charge in [-0.15, -0.1) is 5.11 Å². The Kier molecular flexibility index (Phi) is 5.12. The zero-order chi connectivity index (χ0) is 20.2. The van der Waals surface area contributed by atoms with E-state index in [2.05, 4.69) is 20.5 Å². The molecule has 4 rings (SSSR count). The van der Waals surface area contributed by atoms with E-state index in [1.165, 1.54) is 0 Å². The van der Waals surface area contributed by atoms with Gasteiger partial charge in [0.15, 0.2) is 0 Å². The fraction of sp³-hybridized carbons (Fsp3) is 0.0833. The van der Waals surface area contributed by atoms with Gasteiger partial charge in [0.1, 0.15) is 11.4 Å². The summed E-state index contributed by atoms with van der Waals surface area (Å²) in [5.41, 5.74) is 4.80. The number of azo groups is 2. The summed E-state index contributed by atoms with van der Waals surface area (Å²) in [6.45, 7) is 3.97. The number of aryl methyl sites for hydroxylation is 2. The molecule has 5 heteroatoms. The van der Waals surface area contributed by atoms with E-state index in [9.17, 15) is 5.11 Å². The number of rotatable bonds is 4. The number of hydrogen-bond donors (Lipinski definition) is 1. The van der Waals surface area contributed by atoms with Crippen LogP contribution in [0.15, 0.2) is 99.3 Å². The quantitative estimate of drug-likeness (QED) is 0.358. The summed E-state index contributed by atoms with van der Waals surface area (Å²) in [7, 11) is 0. The molecular weight excluding hydrogens is 360 g/mol. The standard InChI is InChI=1S/C24H20N4O/c1-16-7-3-6-10-21(16)26-27-22-13-12-19(15-17(22)2)25-28-24-20-9-5-4-8-18(20)11-14-23(24)29/h3-15,29H,1-2H3. The summed E-state index contributed by atoms with van der Waals surface area (Å²) in [5, 5.41) is 29.4.